The molecule has 4 nitrogen and oxygen atoms in total. The van der Waals surface area contributed by atoms with Crippen LogP contribution in [0.25, 0.3) is 6.08 Å². The summed E-state index contributed by atoms with van der Waals surface area (Å²) in [7, 11) is 1.32. The Labute approximate surface area is 154 Å². The number of thiophene rings is 1. The third-order valence-electron chi connectivity index (χ3n) is 3.17. The first-order valence-corrected chi connectivity index (χ1v) is 8.67. The Balaban J connectivity index is 2.08. The van der Waals surface area contributed by atoms with Crippen LogP contribution in [0.1, 0.15) is 22.9 Å². The molecular formula is C17H15Cl2NO3S. The van der Waals surface area contributed by atoms with E-state index in [9.17, 15) is 9.59 Å². The maximum absolute atomic E-state index is 12.2. The Morgan fingerprint density at radius 3 is 2.79 bits per heavy atom. The molecule has 24 heavy (non-hydrogen) atoms. The van der Waals surface area contributed by atoms with Gasteiger partial charge in [-0.25, -0.2) is 0 Å². The van der Waals surface area contributed by atoms with E-state index in [0.29, 0.717) is 15.6 Å². The van der Waals surface area contributed by atoms with E-state index in [2.05, 4.69) is 10.1 Å². The molecule has 1 aromatic heterocycles. The lowest BCUT2D eigenvalue weighted by Crippen LogP contribution is -2.28. The van der Waals surface area contributed by atoms with Crippen LogP contribution in [-0.2, 0) is 14.3 Å². The van der Waals surface area contributed by atoms with Crippen LogP contribution in [0.4, 0.5) is 0 Å². The lowest BCUT2D eigenvalue weighted by Gasteiger charge is -2.15. The minimum atomic E-state index is -0.440. The predicted molar refractivity (Wildman–Crippen MR) is 97.3 cm³/mol. The summed E-state index contributed by atoms with van der Waals surface area (Å²) in [6, 6.07) is 8.27. The number of carbonyl (C=O) groups is 2. The van der Waals surface area contributed by atoms with Crippen LogP contribution < -0.4 is 5.32 Å². The van der Waals surface area contributed by atoms with Gasteiger partial charge in [0.2, 0.25) is 5.91 Å². The van der Waals surface area contributed by atoms with Gasteiger partial charge in [0, 0.05) is 21.0 Å². The van der Waals surface area contributed by atoms with Gasteiger partial charge in [0.15, 0.2) is 0 Å². The zero-order valence-electron chi connectivity index (χ0n) is 12.8. The van der Waals surface area contributed by atoms with Crippen molar-refractivity contribution in [1.29, 1.82) is 0 Å². The lowest BCUT2D eigenvalue weighted by atomic mass is 10.1. The van der Waals surface area contributed by atoms with Crippen molar-refractivity contribution in [3.63, 3.8) is 0 Å². The van der Waals surface area contributed by atoms with E-state index in [1.807, 2.05) is 17.5 Å². The Kier molecular flexibility index (Phi) is 6.85. The van der Waals surface area contributed by atoms with Crippen LogP contribution in [-0.4, -0.2) is 19.0 Å². The summed E-state index contributed by atoms with van der Waals surface area (Å²) in [4.78, 5) is 24.6. The predicted octanol–water partition coefficient (Wildman–Crippen LogP) is 4.49. The zero-order chi connectivity index (χ0) is 17.5. The van der Waals surface area contributed by atoms with Gasteiger partial charge in [0.05, 0.1) is 19.6 Å². The first-order valence-electron chi connectivity index (χ1n) is 7.03. The van der Waals surface area contributed by atoms with Gasteiger partial charge < -0.3 is 10.1 Å². The second-order valence-electron chi connectivity index (χ2n) is 4.86. The number of carbonyl (C=O) groups excluding carboxylic acids is 2. The van der Waals surface area contributed by atoms with Gasteiger partial charge in [-0.15, -0.1) is 11.3 Å². The molecule has 1 unspecified atom stereocenters. The molecule has 0 saturated carbocycles. The molecular weight excluding hydrogens is 369 g/mol. The van der Waals surface area contributed by atoms with E-state index >= 15 is 0 Å². The van der Waals surface area contributed by atoms with Crippen LogP contribution in [0.15, 0.2) is 41.8 Å². The Morgan fingerprint density at radius 2 is 2.12 bits per heavy atom. The fourth-order valence-corrected chi connectivity index (χ4v) is 3.13. The number of ether oxygens (including phenoxy) is 1. The largest absolute Gasteiger partial charge is 0.469 e. The third kappa shape index (κ3) is 5.37. The molecule has 0 aliphatic heterocycles. The highest BCUT2D eigenvalue weighted by Gasteiger charge is 2.18. The molecule has 0 spiro atoms. The number of benzene rings is 1. The van der Waals surface area contributed by atoms with Gasteiger partial charge in [0.1, 0.15) is 0 Å². The van der Waals surface area contributed by atoms with E-state index in [0.717, 1.165) is 4.88 Å². The summed E-state index contributed by atoms with van der Waals surface area (Å²) in [5, 5.41) is 5.70. The van der Waals surface area contributed by atoms with Crippen molar-refractivity contribution in [3.8, 4) is 0 Å². The molecule has 0 fully saturated rings. The average molecular weight is 384 g/mol. The Morgan fingerprint density at radius 1 is 1.33 bits per heavy atom. The van der Waals surface area contributed by atoms with Crippen molar-refractivity contribution < 1.29 is 14.3 Å². The summed E-state index contributed by atoms with van der Waals surface area (Å²) in [5.74, 6) is -0.732. The zero-order valence-corrected chi connectivity index (χ0v) is 15.1. The second kappa shape index (κ2) is 8.87. The standard InChI is InChI=1S/C17H15Cl2NO3S/c1-23-17(22)10-14(15-3-2-8-24-15)20-16(21)7-4-11-9-12(18)5-6-13(11)19/h2-9,14H,10H2,1H3,(H,20,21)/b7-4+. The number of halogens is 2. The highest BCUT2D eigenvalue weighted by atomic mass is 35.5. The third-order valence-corrected chi connectivity index (χ3v) is 4.74. The summed E-state index contributed by atoms with van der Waals surface area (Å²) in [6.45, 7) is 0. The first-order chi connectivity index (χ1) is 11.5. The molecule has 1 atom stereocenters. The number of hydrogen-bond acceptors (Lipinski definition) is 4. The summed E-state index contributed by atoms with van der Waals surface area (Å²) in [5.41, 5.74) is 0.639. The highest BCUT2D eigenvalue weighted by molar-refractivity contribution is 7.10. The van der Waals surface area contributed by atoms with E-state index in [-0.39, 0.29) is 12.3 Å². The van der Waals surface area contributed by atoms with E-state index < -0.39 is 12.0 Å². The normalized spacial score (nSPS) is 12.1. The first kappa shape index (κ1) is 18.5. The number of amides is 1. The van der Waals surface area contributed by atoms with Crippen molar-refractivity contribution in [2.24, 2.45) is 0 Å². The van der Waals surface area contributed by atoms with Crippen LogP contribution in [0, 0.1) is 0 Å². The summed E-state index contributed by atoms with van der Waals surface area (Å²) < 4.78 is 4.68. The van der Waals surface area contributed by atoms with Gasteiger partial charge >= 0.3 is 5.97 Å². The number of methoxy groups -OCH3 is 1. The summed E-state index contributed by atoms with van der Waals surface area (Å²) in [6.07, 6.45) is 3.00. The summed E-state index contributed by atoms with van der Waals surface area (Å²) >= 11 is 13.4. The minimum absolute atomic E-state index is 0.0640. The minimum Gasteiger partial charge on any atom is -0.469 e. The van der Waals surface area contributed by atoms with Gasteiger partial charge in [-0.05, 0) is 41.3 Å². The molecule has 1 heterocycles. The van der Waals surface area contributed by atoms with Crippen molar-refractivity contribution in [3.05, 3.63) is 62.3 Å². The van der Waals surface area contributed by atoms with Crippen molar-refractivity contribution >= 4 is 52.5 Å². The van der Waals surface area contributed by atoms with E-state index in [4.69, 9.17) is 23.2 Å². The fourth-order valence-electron chi connectivity index (χ4n) is 1.99. The van der Waals surface area contributed by atoms with Gasteiger partial charge in [-0.1, -0.05) is 29.3 Å². The monoisotopic (exact) mass is 383 g/mol. The maximum Gasteiger partial charge on any atom is 0.307 e. The van der Waals surface area contributed by atoms with Crippen LogP contribution in [0.3, 0.4) is 0 Å². The van der Waals surface area contributed by atoms with E-state index in [1.54, 1.807) is 24.3 Å². The Hall–Kier alpha value is -1.82. The maximum atomic E-state index is 12.2. The topological polar surface area (TPSA) is 55.4 Å². The fraction of sp³-hybridized carbons (Fsp3) is 0.176. The van der Waals surface area contributed by atoms with Gasteiger partial charge in [-0.3, -0.25) is 9.59 Å². The SMILES string of the molecule is COC(=O)CC(NC(=O)/C=C/c1cc(Cl)ccc1Cl)c1cccs1. The van der Waals surface area contributed by atoms with E-state index in [1.165, 1.54) is 24.5 Å². The van der Waals surface area contributed by atoms with Gasteiger partial charge in [0.25, 0.3) is 0 Å². The molecule has 7 heteroatoms. The molecule has 1 amide bonds. The van der Waals surface area contributed by atoms with Crippen LogP contribution in [0.2, 0.25) is 10.0 Å². The quantitative estimate of drug-likeness (QED) is 0.590. The van der Waals surface area contributed by atoms with Crippen LogP contribution >= 0.6 is 34.5 Å². The molecule has 2 aromatic rings. The number of rotatable bonds is 6. The number of hydrogen-bond donors (Lipinski definition) is 1. The Bertz CT molecular complexity index is 744. The average Bonchev–Trinajstić information content (AvgIpc) is 3.09. The molecule has 0 aliphatic carbocycles. The molecule has 2 rings (SSSR count). The molecule has 126 valence electrons. The molecule has 1 N–H and O–H groups in total. The molecule has 0 saturated heterocycles. The smallest absolute Gasteiger partial charge is 0.307 e. The number of esters is 1. The van der Waals surface area contributed by atoms with Crippen LogP contribution in [0.5, 0.6) is 0 Å². The molecule has 0 aliphatic rings. The highest BCUT2D eigenvalue weighted by Crippen LogP contribution is 2.23. The molecule has 0 radical (unpaired) electrons. The number of nitrogens with one attached hydrogen (secondary N) is 1. The molecule has 1 aromatic carbocycles. The molecule has 0 bridgehead atoms. The second-order valence-corrected chi connectivity index (χ2v) is 6.68. The van der Waals surface area contributed by atoms with Crippen molar-refractivity contribution in [2.75, 3.05) is 7.11 Å². The lowest BCUT2D eigenvalue weighted by molar-refractivity contribution is -0.141. The van der Waals surface area contributed by atoms with Crippen molar-refractivity contribution in [1.82, 2.24) is 5.32 Å². The van der Waals surface area contributed by atoms with Gasteiger partial charge in [-0.2, -0.15) is 0 Å². The van der Waals surface area contributed by atoms with Crippen molar-refractivity contribution in [2.45, 2.75) is 12.5 Å².